The summed E-state index contributed by atoms with van der Waals surface area (Å²) in [5, 5.41) is 12.0. The molecule has 0 aliphatic heterocycles. The molecule has 1 aliphatic carbocycles. The molecule has 2 unspecified atom stereocenters. The maximum absolute atomic E-state index is 12.2. The molecule has 2 atom stereocenters. The van der Waals surface area contributed by atoms with Crippen molar-refractivity contribution in [3.05, 3.63) is 29.6 Å². The van der Waals surface area contributed by atoms with E-state index >= 15 is 0 Å². The van der Waals surface area contributed by atoms with Crippen LogP contribution in [0.3, 0.4) is 0 Å². The van der Waals surface area contributed by atoms with Gasteiger partial charge in [0.15, 0.2) is 0 Å². The molecule has 4 N–H and O–H groups in total. The van der Waals surface area contributed by atoms with Crippen LogP contribution in [-0.4, -0.2) is 28.0 Å². The quantitative estimate of drug-likeness (QED) is 0.758. The number of carboxylic acids is 1. The van der Waals surface area contributed by atoms with Crippen molar-refractivity contribution >= 4 is 11.9 Å². The smallest absolute Gasteiger partial charge is 0.308 e. The molecule has 1 fully saturated rings. The fourth-order valence-corrected chi connectivity index (χ4v) is 2.58. The summed E-state index contributed by atoms with van der Waals surface area (Å²) >= 11 is 0. The molecular weight excluding hydrogens is 258 g/mol. The number of carbonyl (C=O) groups is 2. The maximum Gasteiger partial charge on any atom is 0.308 e. The molecule has 1 heterocycles. The first-order valence-electron chi connectivity index (χ1n) is 6.80. The molecule has 0 saturated heterocycles. The van der Waals surface area contributed by atoms with Gasteiger partial charge in [-0.25, -0.2) is 0 Å². The second-order valence-electron chi connectivity index (χ2n) is 5.05. The standard InChI is InChI=1S/C14H19N3O3/c15-8-10-7-9(5-6-16-10)13(18)17-12-4-2-1-3-11(12)14(19)20/h5-7,11-12H,1-4,8,15H2,(H,17,18)(H,19,20). The number of nitrogens with two attached hydrogens (primary N) is 1. The fourth-order valence-electron chi connectivity index (χ4n) is 2.58. The number of pyridine rings is 1. The van der Waals surface area contributed by atoms with E-state index in [9.17, 15) is 14.7 Å². The summed E-state index contributed by atoms with van der Waals surface area (Å²) < 4.78 is 0. The van der Waals surface area contributed by atoms with Gasteiger partial charge < -0.3 is 16.2 Å². The first-order valence-corrected chi connectivity index (χ1v) is 6.80. The number of carbonyl (C=O) groups excluding carboxylic acids is 1. The highest BCUT2D eigenvalue weighted by Gasteiger charge is 2.31. The van der Waals surface area contributed by atoms with Crippen molar-refractivity contribution in [1.29, 1.82) is 0 Å². The van der Waals surface area contributed by atoms with Gasteiger partial charge in [-0.15, -0.1) is 0 Å². The van der Waals surface area contributed by atoms with E-state index in [4.69, 9.17) is 5.73 Å². The van der Waals surface area contributed by atoms with Gasteiger partial charge in [-0.3, -0.25) is 14.6 Å². The van der Waals surface area contributed by atoms with Crippen molar-refractivity contribution in [2.24, 2.45) is 11.7 Å². The highest BCUT2D eigenvalue weighted by Crippen LogP contribution is 2.25. The molecule has 1 aliphatic rings. The Bertz CT molecular complexity index is 504. The van der Waals surface area contributed by atoms with Crippen molar-refractivity contribution in [3.8, 4) is 0 Å². The predicted octanol–water partition coefficient (Wildman–Crippen LogP) is 0.913. The van der Waals surface area contributed by atoms with Gasteiger partial charge in [-0.05, 0) is 25.0 Å². The van der Waals surface area contributed by atoms with E-state index in [1.165, 1.54) is 6.20 Å². The van der Waals surface area contributed by atoms with Gasteiger partial charge in [-0.1, -0.05) is 12.8 Å². The molecule has 6 nitrogen and oxygen atoms in total. The second-order valence-corrected chi connectivity index (χ2v) is 5.05. The van der Waals surface area contributed by atoms with Gasteiger partial charge in [0.05, 0.1) is 11.6 Å². The van der Waals surface area contributed by atoms with Gasteiger partial charge in [0.25, 0.3) is 5.91 Å². The van der Waals surface area contributed by atoms with Crippen LogP contribution in [0.1, 0.15) is 41.7 Å². The molecule has 2 rings (SSSR count). The van der Waals surface area contributed by atoms with Crippen LogP contribution in [0, 0.1) is 5.92 Å². The van der Waals surface area contributed by atoms with E-state index in [0.29, 0.717) is 24.1 Å². The third-order valence-electron chi connectivity index (χ3n) is 3.69. The lowest BCUT2D eigenvalue weighted by Gasteiger charge is -2.29. The Balaban J connectivity index is 2.07. The SMILES string of the molecule is NCc1cc(C(=O)NC2CCCCC2C(=O)O)ccn1. The molecule has 0 aromatic carbocycles. The number of carboxylic acid groups (broad SMARTS) is 1. The number of hydrogen-bond acceptors (Lipinski definition) is 4. The summed E-state index contributed by atoms with van der Waals surface area (Å²) in [7, 11) is 0. The lowest BCUT2D eigenvalue weighted by Crippen LogP contribution is -2.45. The average Bonchev–Trinajstić information content (AvgIpc) is 2.47. The van der Waals surface area contributed by atoms with Gasteiger partial charge in [0.1, 0.15) is 0 Å². The summed E-state index contributed by atoms with van der Waals surface area (Å²) in [6.07, 6.45) is 4.70. The van der Waals surface area contributed by atoms with Crippen LogP contribution in [0.4, 0.5) is 0 Å². The number of amides is 1. The molecule has 108 valence electrons. The van der Waals surface area contributed by atoms with Gasteiger partial charge in [0, 0.05) is 24.3 Å². The van der Waals surface area contributed by atoms with Gasteiger partial charge in [0.2, 0.25) is 0 Å². The van der Waals surface area contributed by atoms with Crippen LogP contribution in [0.25, 0.3) is 0 Å². The van der Waals surface area contributed by atoms with E-state index in [1.807, 2.05) is 0 Å². The minimum Gasteiger partial charge on any atom is -0.481 e. The largest absolute Gasteiger partial charge is 0.481 e. The topological polar surface area (TPSA) is 105 Å². The number of aliphatic carboxylic acids is 1. The van der Waals surface area contributed by atoms with Gasteiger partial charge >= 0.3 is 5.97 Å². The Morgan fingerprint density at radius 1 is 1.40 bits per heavy atom. The van der Waals surface area contributed by atoms with E-state index in [0.717, 1.165) is 12.8 Å². The average molecular weight is 277 g/mol. The zero-order valence-electron chi connectivity index (χ0n) is 11.2. The molecule has 20 heavy (non-hydrogen) atoms. The third kappa shape index (κ3) is 3.33. The zero-order valence-corrected chi connectivity index (χ0v) is 11.2. The van der Waals surface area contributed by atoms with Crippen molar-refractivity contribution < 1.29 is 14.7 Å². The molecule has 1 aromatic rings. The number of rotatable bonds is 4. The van der Waals surface area contributed by atoms with Crippen LogP contribution in [0.5, 0.6) is 0 Å². The third-order valence-corrected chi connectivity index (χ3v) is 3.69. The summed E-state index contributed by atoms with van der Waals surface area (Å²) in [5.41, 5.74) is 6.60. The van der Waals surface area contributed by atoms with E-state index < -0.39 is 11.9 Å². The number of nitrogens with zero attached hydrogens (tertiary/aromatic N) is 1. The first kappa shape index (κ1) is 14.5. The summed E-state index contributed by atoms with van der Waals surface area (Å²) in [5.74, 6) is -1.60. The van der Waals surface area contributed by atoms with E-state index in [2.05, 4.69) is 10.3 Å². The number of nitrogens with one attached hydrogen (secondary N) is 1. The molecular formula is C14H19N3O3. The first-order chi connectivity index (χ1) is 9.61. The zero-order chi connectivity index (χ0) is 14.5. The Morgan fingerprint density at radius 3 is 2.85 bits per heavy atom. The molecule has 0 spiro atoms. The molecule has 1 amide bonds. The van der Waals surface area contributed by atoms with E-state index in [1.54, 1.807) is 12.1 Å². The van der Waals surface area contributed by atoms with Crippen molar-refractivity contribution in [3.63, 3.8) is 0 Å². The summed E-state index contributed by atoms with van der Waals surface area (Å²) in [6, 6.07) is 2.93. The van der Waals surface area contributed by atoms with Crippen LogP contribution in [0.15, 0.2) is 18.3 Å². The van der Waals surface area contributed by atoms with Crippen LogP contribution >= 0.6 is 0 Å². The summed E-state index contributed by atoms with van der Waals surface area (Å²) in [4.78, 5) is 27.4. The Hall–Kier alpha value is -1.95. The second kappa shape index (κ2) is 6.47. The van der Waals surface area contributed by atoms with Gasteiger partial charge in [-0.2, -0.15) is 0 Å². The van der Waals surface area contributed by atoms with Crippen molar-refractivity contribution in [1.82, 2.24) is 10.3 Å². The Kier molecular flexibility index (Phi) is 4.68. The van der Waals surface area contributed by atoms with Crippen molar-refractivity contribution in [2.45, 2.75) is 38.3 Å². The predicted molar refractivity (Wildman–Crippen MR) is 73.0 cm³/mol. The molecule has 6 heteroatoms. The molecule has 0 radical (unpaired) electrons. The number of aromatic nitrogens is 1. The Morgan fingerprint density at radius 2 is 2.15 bits per heavy atom. The minimum absolute atomic E-state index is 0.264. The lowest BCUT2D eigenvalue weighted by atomic mass is 9.84. The van der Waals surface area contributed by atoms with Crippen molar-refractivity contribution in [2.75, 3.05) is 0 Å². The molecule has 1 aromatic heterocycles. The lowest BCUT2D eigenvalue weighted by molar-refractivity contribution is -0.143. The highest BCUT2D eigenvalue weighted by atomic mass is 16.4. The van der Waals surface area contributed by atoms with E-state index in [-0.39, 0.29) is 18.5 Å². The normalized spacial score (nSPS) is 22.2. The maximum atomic E-state index is 12.2. The Labute approximate surface area is 117 Å². The summed E-state index contributed by atoms with van der Waals surface area (Å²) in [6.45, 7) is 0.266. The number of hydrogen-bond donors (Lipinski definition) is 3. The van der Waals surface area contributed by atoms with Crippen LogP contribution in [-0.2, 0) is 11.3 Å². The monoisotopic (exact) mass is 277 g/mol. The molecule has 1 saturated carbocycles. The highest BCUT2D eigenvalue weighted by molar-refractivity contribution is 5.94. The van der Waals surface area contributed by atoms with Crippen LogP contribution in [0.2, 0.25) is 0 Å². The minimum atomic E-state index is -0.840. The molecule has 0 bridgehead atoms. The van der Waals surface area contributed by atoms with Crippen LogP contribution < -0.4 is 11.1 Å². The fraction of sp³-hybridized carbons (Fsp3) is 0.500.